The maximum Gasteiger partial charge on any atom is 0.500 e. The van der Waals surface area contributed by atoms with Gasteiger partial charge in [-0.05, 0) is 40.8 Å². The average molecular weight is 336 g/mol. The van der Waals surface area contributed by atoms with Crippen molar-refractivity contribution in [1.82, 2.24) is 0 Å². The first-order chi connectivity index (χ1) is 6.59. The van der Waals surface area contributed by atoms with Crippen molar-refractivity contribution >= 4 is 68.5 Å². The molecule has 2 N–H and O–H groups in total. The van der Waals surface area contributed by atoms with E-state index in [1.54, 1.807) is 0 Å². The molecule has 0 fully saturated rings. The summed E-state index contributed by atoms with van der Waals surface area (Å²) in [5.74, 6) is 0. The van der Waals surface area contributed by atoms with E-state index in [-0.39, 0.29) is 0 Å². The fraction of sp³-hybridized carbons (Fsp3) is 0. The summed E-state index contributed by atoms with van der Waals surface area (Å²) in [5.41, 5.74) is 0. The fourth-order valence-electron chi connectivity index (χ4n) is 1.25. The molecule has 1 aromatic carbocycles. The Bertz CT molecular complexity index is 483. The molecule has 2 nitrogen and oxygen atoms in total. The molecule has 0 spiro atoms. The number of hydrogen-bond acceptors (Lipinski definition) is 4. The van der Waals surface area contributed by atoms with Gasteiger partial charge >= 0.3 is 7.12 Å². The Balaban J connectivity index is 2.74. The van der Waals surface area contributed by atoms with E-state index < -0.39 is 7.12 Å². The summed E-state index contributed by atoms with van der Waals surface area (Å²) in [6.45, 7) is 0. The minimum absolute atomic E-state index is 0.505. The molecule has 1 heterocycles. The molecule has 0 saturated heterocycles. The van der Waals surface area contributed by atoms with Gasteiger partial charge in [0, 0.05) is 23.3 Å². The maximum absolute atomic E-state index is 9.09. The lowest BCUT2D eigenvalue weighted by Crippen LogP contribution is -2.27. The van der Waals surface area contributed by atoms with Crippen LogP contribution in [0.25, 0.3) is 10.1 Å². The van der Waals surface area contributed by atoms with Crippen LogP contribution in [0.2, 0.25) is 0 Å². The van der Waals surface area contributed by atoms with Gasteiger partial charge in [-0.2, -0.15) is 0 Å². The molecule has 0 bridgehead atoms. The van der Waals surface area contributed by atoms with Gasteiger partial charge in [0.15, 0.2) is 0 Å². The monoisotopic (exact) mass is 336 g/mol. The lowest BCUT2D eigenvalue weighted by atomic mass is 9.89. The van der Waals surface area contributed by atoms with E-state index >= 15 is 0 Å². The number of rotatable bonds is 1. The molecule has 2 aromatic rings. The third kappa shape index (κ3) is 1.81. The molecule has 0 aliphatic heterocycles. The molecule has 14 heavy (non-hydrogen) atoms. The number of thiophene rings is 1. The molecule has 0 amide bonds. The number of fused-ring (bicyclic) bond motifs is 1. The van der Waals surface area contributed by atoms with E-state index in [9.17, 15) is 0 Å². The third-order valence-electron chi connectivity index (χ3n) is 1.88. The van der Waals surface area contributed by atoms with Gasteiger partial charge in [0.2, 0.25) is 0 Å². The fourth-order valence-corrected chi connectivity index (χ4v) is 3.21. The Morgan fingerprint density at radius 1 is 1.36 bits per heavy atom. The minimum atomic E-state index is -1.43. The predicted molar refractivity (Wildman–Crippen MR) is 71.6 cm³/mol. The van der Waals surface area contributed by atoms with E-state index in [0.717, 1.165) is 13.7 Å². The number of hydrogen-bond donors (Lipinski definition) is 3. The zero-order valence-corrected chi connectivity index (χ0v) is 10.8. The van der Waals surface area contributed by atoms with Crippen molar-refractivity contribution in [2.24, 2.45) is 0 Å². The summed E-state index contributed by atoms with van der Waals surface area (Å²) in [6.07, 6.45) is 0. The molecule has 0 radical (unpaired) electrons. The first-order valence-electron chi connectivity index (χ1n) is 3.86. The Kier molecular flexibility index (Phi) is 3.08. The van der Waals surface area contributed by atoms with Gasteiger partial charge < -0.3 is 10.0 Å². The van der Waals surface area contributed by atoms with Crippen LogP contribution in [-0.4, -0.2) is 17.2 Å². The van der Waals surface area contributed by atoms with Crippen LogP contribution >= 0.6 is 46.6 Å². The van der Waals surface area contributed by atoms with Crippen LogP contribution in [0.5, 0.6) is 0 Å². The molecular formula is C8H6BIO2S2. The summed E-state index contributed by atoms with van der Waals surface area (Å²) in [7, 11) is -1.43. The number of thiol groups is 1. The largest absolute Gasteiger partial charge is 0.500 e. The van der Waals surface area contributed by atoms with Crippen molar-refractivity contribution < 1.29 is 10.0 Å². The molecule has 0 aliphatic rings. The molecular weight excluding hydrogens is 330 g/mol. The van der Waals surface area contributed by atoms with E-state index in [4.69, 9.17) is 10.0 Å². The van der Waals surface area contributed by atoms with E-state index in [0.29, 0.717) is 9.67 Å². The second-order valence-corrected chi connectivity index (χ2v) is 5.61. The minimum Gasteiger partial charge on any atom is -0.423 e. The van der Waals surface area contributed by atoms with Gasteiger partial charge in [0.1, 0.15) is 0 Å². The van der Waals surface area contributed by atoms with Crippen LogP contribution in [0.15, 0.2) is 23.1 Å². The van der Waals surface area contributed by atoms with Gasteiger partial charge in [0.25, 0.3) is 0 Å². The molecule has 6 heteroatoms. The second-order valence-electron chi connectivity index (χ2n) is 2.83. The maximum atomic E-state index is 9.09. The second kappa shape index (κ2) is 4.01. The van der Waals surface area contributed by atoms with Gasteiger partial charge in [-0.3, -0.25) is 0 Å². The zero-order valence-electron chi connectivity index (χ0n) is 6.94. The lowest BCUT2D eigenvalue weighted by Gasteiger charge is -1.94. The van der Waals surface area contributed by atoms with Crippen LogP contribution in [-0.2, 0) is 0 Å². The summed E-state index contributed by atoms with van der Waals surface area (Å²) in [5, 5.41) is 19.2. The van der Waals surface area contributed by atoms with E-state index in [2.05, 4.69) is 35.2 Å². The topological polar surface area (TPSA) is 40.5 Å². The average Bonchev–Trinajstić information content (AvgIpc) is 2.44. The molecule has 1 aromatic heterocycles. The summed E-state index contributed by atoms with van der Waals surface area (Å²) in [6, 6.07) is 5.94. The van der Waals surface area contributed by atoms with Crippen molar-refractivity contribution in [3.8, 4) is 0 Å². The number of halogens is 1. The van der Waals surface area contributed by atoms with Gasteiger partial charge in [-0.25, -0.2) is 0 Å². The predicted octanol–water partition coefficient (Wildman–Crippen LogP) is 1.47. The van der Waals surface area contributed by atoms with Crippen LogP contribution in [0.3, 0.4) is 0 Å². The van der Waals surface area contributed by atoms with Crippen LogP contribution in [0.4, 0.5) is 0 Å². The smallest absolute Gasteiger partial charge is 0.423 e. The quantitative estimate of drug-likeness (QED) is 0.419. The van der Waals surface area contributed by atoms with Gasteiger partial charge in [-0.15, -0.1) is 24.0 Å². The van der Waals surface area contributed by atoms with Crippen molar-refractivity contribution in [3.63, 3.8) is 0 Å². The molecule has 0 aliphatic carbocycles. The van der Waals surface area contributed by atoms with E-state index in [1.807, 2.05) is 18.2 Å². The molecule has 0 unspecified atom stereocenters. The molecule has 2 rings (SSSR count). The van der Waals surface area contributed by atoms with Gasteiger partial charge in [0.05, 0.1) is 0 Å². The highest BCUT2D eigenvalue weighted by atomic mass is 127. The summed E-state index contributed by atoms with van der Waals surface area (Å²) >= 11 is 7.87. The summed E-state index contributed by atoms with van der Waals surface area (Å²) < 4.78 is 2.64. The molecule has 0 saturated carbocycles. The number of benzene rings is 1. The first-order valence-corrected chi connectivity index (χ1v) is 6.21. The highest BCUT2D eigenvalue weighted by Crippen LogP contribution is 2.28. The van der Waals surface area contributed by atoms with Crippen LogP contribution in [0, 0.1) is 3.57 Å². The van der Waals surface area contributed by atoms with Crippen molar-refractivity contribution in [2.45, 2.75) is 4.90 Å². The Morgan fingerprint density at radius 3 is 2.71 bits per heavy atom. The first kappa shape index (κ1) is 10.8. The lowest BCUT2D eigenvalue weighted by molar-refractivity contribution is 0.426. The standard InChI is InChI=1S/C8H6BIO2S2/c10-4-1-2-6-5(3-4)7(13)8(14-6)9(11)12/h1-3,11-13H. The Morgan fingerprint density at radius 2 is 2.07 bits per heavy atom. The molecule has 72 valence electrons. The van der Waals surface area contributed by atoms with Crippen molar-refractivity contribution in [2.75, 3.05) is 0 Å². The summed E-state index contributed by atoms with van der Waals surface area (Å²) in [4.78, 5) is 0.665. The SMILES string of the molecule is OB(O)c1sc2ccc(I)cc2c1S. The third-order valence-corrected chi connectivity index (χ3v) is 4.40. The molecule has 0 atom stereocenters. The van der Waals surface area contributed by atoms with Gasteiger partial charge in [-0.1, -0.05) is 0 Å². The Labute approximate surface area is 105 Å². The highest BCUT2D eigenvalue weighted by Gasteiger charge is 2.19. The Hall–Kier alpha value is 0.245. The normalized spacial score (nSPS) is 10.9. The van der Waals surface area contributed by atoms with Crippen LogP contribution < -0.4 is 4.78 Å². The van der Waals surface area contributed by atoms with Crippen LogP contribution in [0.1, 0.15) is 0 Å². The highest BCUT2D eigenvalue weighted by molar-refractivity contribution is 14.1. The van der Waals surface area contributed by atoms with Crippen molar-refractivity contribution in [1.29, 1.82) is 0 Å². The van der Waals surface area contributed by atoms with Crippen molar-refractivity contribution in [3.05, 3.63) is 21.8 Å². The van der Waals surface area contributed by atoms with E-state index in [1.165, 1.54) is 11.3 Å². The zero-order chi connectivity index (χ0) is 10.3.